The smallest absolute Gasteiger partial charge is 0.323 e. The Balaban J connectivity index is 0.00000384. The van der Waals surface area contributed by atoms with Gasteiger partial charge < -0.3 is 31.1 Å². The number of benzene rings is 2. The second-order valence-electron chi connectivity index (χ2n) is 12.1. The highest BCUT2D eigenvalue weighted by Gasteiger charge is 2.28. The summed E-state index contributed by atoms with van der Waals surface area (Å²) in [4.78, 5) is 37.8. The summed E-state index contributed by atoms with van der Waals surface area (Å²) in [7, 11) is -2.81. The summed E-state index contributed by atoms with van der Waals surface area (Å²) in [6.07, 6.45) is 7.91. The molecule has 2 fully saturated rings. The maximum Gasteiger partial charge on any atom is 0.323 e. The summed E-state index contributed by atoms with van der Waals surface area (Å²) in [5.74, 6) is -0.743. The molecule has 2 aromatic carbocycles. The molecule has 2 saturated heterocycles. The predicted octanol–water partition coefficient (Wildman–Crippen LogP) is 2.83. The van der Waals surface area contributed by atoms with Crippen LogP contribution in [0.15, 0.2) is 41.3 Å². The number of ether oxygens (including phenoxy) is 1. The molecule has 2 aliphatic rings. The Bertz CT molecular complexity index is 1400. The third-order valence-electron chi connectivity index (χ3n) is 9.01. The number of carboxylic acids is 1. The van der Waals surface area contributed by atoms with Crippen LogP contribution in [0.2, 0.25) is 0 Å². The number of sulfonamides is 1. The normalized spacial score (nSPS) is 16.5. The van der Waals surface area contributed by atoms with Crippen LogP contribution in [-0.4, -0.2) is 83.7 Å². The minimum atomic E-state index is -4.29. The van der Waals surface area contributed by atoms with Gasteiger partial charge in [-0.1, -0.05) is 24.3 Å². The van der Waals surface area contributed by atoms with Crippen LogP contribution in [0.4, 0.5) is 0 Å². The fourth-order valence-corrected chi connectivity index (χ4v) is 7.70. The number of carbonyl (C=O) groups excluding carboxylic acids is 2. The Morgan fingerprint density at radius 2 is 1.43 bits per heavy atom. The van der Waals surface area contributed by atoms with Crippen molar-refractivity contribution in [1.29, 1.82) is 0 Å². The average molecular weight is 719 g/mol. The molecule has 0 aromatic heterocycles. The standard InChI is InChI=1S/C32H47N5O7S.2ClH/c1-44-28-10-11-29(26-5-3-2-4-25(26)28)45(42,43)37-27(32(40)41)20-35-30(38)21-36-31(39)24(8-6-22-12-16-33-17-13-22)9-7-23-14-18-34-19-15-23;;/h2-5,10-11,22-24,27,33-34,37H,6-9,12-21H2,1H3,(H,35,38)(H,36,39)(H,40,41);2*1H. The number of halogens is 2. The van der Waals surface area contributed by atoms with Crippen molar-refractivity contribution in [3.05, 3.63) is 36.4 Å². The summed E-state index contributed by atoms with van der Waals surface area (Å²) in [5, 5.41) is 22.6. The lowest BCUT2D eigenvalue weighted by molar-refractivity contribution is -0.139. The van der Waals surface area contributed by atoms with Crippen molar-refractivity contribution < 1.29 is 32.6 Å². The highest BCUT2D eigenvalue weighted by Crippen LogP contribution is 2.31. The Hall–Kier alpha value is -2.68. The zero-order valence-corrected chi connectivity index (χ0v) is 29.2. The number of carboxylic acid groups (broad SMARTS) is 1. The molecule has 2 aromatic rings. The predicted molar refractivity (Wildman–Crippen MR) is 186 cm³/mol. The third kappa shape index (κ3) is 12.1. The molecule has 0 saturated carbocycles. The van der Waals surface area contributed by atoms with E-state index in [9.17, 15) is 27.9 Å². The van der Waals surface area contributed by atoms with Crippen LogP contribution in [-0.2, 0) is 24.4 Å². The van der Waals surface area contributed by atoms with Gasteiger partial charge in [0.15, 0.2) is 0 Å². The zero-order chi connectivity index (χ0) is 32.2. The highest BCUT2D eigenvalue weighted by molar-refractivity contribution is 7.89. The van der Waals surface area contributed by atoms with Crippen LogP contribution in [0.5, 0.6) is 5.75 Å². The van der Waals surface area contributed by atoms with Gasteiger partial charge in [0.05, 0.1) is 18.6 Å². The van der Waals surface area contributed by atoms with Gasteiger partial charge in [-0.15, -0.1) is 24.8 Å². The lowest BCUT2D eigenvalue weighted by Crippen LogP contribution is -2.50. The van der Waals surface area contributed by atoms with E-state index in [1.807, 2.05) is 0 Å². The SMILES string of the molecule is COc1ccc(S(=O)(=O)NC(CNC(=O)CNC(=O)C(CCC2CCNCC2)CCC2CCNCC2)C(=O)O)c2ccccc12.Cl.Cl. The van der Waals surface area contributed by atoms with Crippen molar-refractivity contribution in [2.24, 2.45) is 17.8 Å². The van der Waals surface area contributed by atoms with Gasteiger partial charge in [0.25, 0.3) is 0 Å². The first-order chi connectivity index (χ1) is 21.7. The number of carbonyl (C=O) groups is 3. The fourth-order valence-electron chi connectivity index (χ4n) is 6.30. The van der Waals surface area contributed by atoms with Crippen LogP contribution in [0, 0.1) is 17.8 Å². The maximum absolute atomic E-state index is 13.3. The lowest BCUT2D eigenvalue weighted by atomic mass is 9.84. The minimum absolute atomic E-state index is 0. The molecular formula is C32H49Cl2N5O7S. The third-order valence-corrected chi connectivity index (χ3v) is 10.5. The second-order valence-corrected chi connectivity index (χ2v) is 13.8. The van der Waals surface area contributed by atoms with Gasteiger partial charge in [0.2, 0.25) is 21.8 Å². The fraction of sp³-hybridized carbons (Fsp3) is 0.594. The molecule has 2 heterocycles. The molecule has 264 valence electrons. The van der Waals surface area contributed by atoms with Gasteiger partial charge >= 0.3 is 5.97 Å². The van der Waals surface area contributed by atoms with Gasteiger partial charge in [0.1, 0.15) is 11.8 Å². The van der Waals surface area contributed by atoms with Crippen LogP contribution in [0.3, 0.4) is 0 Å². The van der Waals surface area contributed by atoms with Gasteiger partial charge in [0, 0.05) is 23.2 Å². The van der Waals surface area contributed by atoms with Crippen LogP contribution in [0.25, 0.3) is 10.8 Å². The molecule has 1 atom stereocenters. The number of hydrogen-bond acceptors (Lipinski definition) is 8. The topological polar surface area (TPSA) is 175 Å². The number of aliphatic carboxylic acids is 1. The van der Waals surface area contributed by atoms with Crippen molar-refractivity contribution >= 4 is 63.4 Å². The largest absolute Gasteiger partial charge is 0.496 e. The Labute approximate surface area is 289 Å². The summed E-state index contributed by atoms with van der Waals surface area (Å²) < 4.78 is 34.0. The first kappa shape index (κ1) is 40.5. The number of rotatable bonds is 16. The molecule has 12 nitrogen and oxygen atoms in total. The number of nitrogens with one attached hydrogen (secondary N) is 5. The summed E-state index contributed by atoms with van der Waals surface area (Å²) in [5.41, 5.74) is 0. The first-order valence-electron chi connectivity index (χ1n) is 15.9. The van der Waals surface area contributed by atoms with E-state index in [-0.39, 0.29) is 48.1 Å². The Morgan fingerprint density at radius 1 is 0.872 bits per heavy atom. The molecule has 15 heteroatoms. The van der Waals surface area contributed by atoms with E-state index in [1.165, 1.54) is 19.2 Å². The molecule has 2 aliphatic heterocycles. The van der Waals surface area contributed by atoms with Crippen molar-refractivity contribution in [2.45, 2.75) is 62.3 Å². The van der Waals surface area contributed by atoms with E-state index in [0.717, 1.165) is 77.5 Å². The lowest BCUT2D eigenvalue weighted by Gasteiger charge is -2.27. The molecule has 0 radical (unpaired) electrons. The van der Waals surface area contributed by atoms with E-state index in [1.54, 1.807) is 24.3 Å². The van der Waals surface area contributed by atoms with Gasteiger partial charge in [-0.2, -0.15) is 4.72 Å². The number of fused-ring (bicyclic) bond motifs is 1. The highest BCUT2D eigenvalue weighted by atomic mass is 35.5. The van der Waals surface area contributed by atoms with Crippen LogP contribution < -0.4 is 30.7 Å². The molecule has 0 aliphatic carbocycles. The molecule has 0 spiro atoms. The Kier molecular flexibility index (Phi) is 17.2. The van der Waals surface area contributed by atoms with Gasteiger partial charge in [-0.05, 0) is 102 Å². The van der Waals surface area contributed by atoms with Gasteiger partial charge in [-0.25, -0.2) is 8.42 Å². The summed E-state index contributed by atoms with van der Waals surface area (Å²) in [6.45, 7) is 3.19. The van der Waals surface area contributed by atoms with E-state index in [2.05, 4.69) is 26.0 Å². The van der Waals surface area contributed by atoms with E-state index in [4.69, 9.17) is 4.74 Å². The molecule has 6 N–H and O–H groups in total. The van der Waals surface area contributed by atoms with Crippen molar-refractivity contribution in [2.75, 3.05) is 46.4 Å². The van der Waals surface area contributed by atoms with Gasteiger partial charge in [-0.3, -0.25) is 14.4 Å². The van der Waals surface area contributed by atoms with Crippen molar-refractivity contribution in [3.63, 3.8) is 0 Å². The van der Waals surface area contributed by atoms with E-state index in [0.29, 0.717) is 28.4 Å². The molecule has 47 heavy (non-hydrogen) atoms. The molecule has 2 amide bonds. The maximum atomic E-state index is 13.3. The summed E-state index contributed by atoms with van der Waals surface area (Å²) in [6, 6.07) is 7.97. The Morgan fingerprint density at radius 3 is 1.96 bits per heavy atom. The van der Waals surface area contributed by atoms with Crippen molar-refractivity contribution in [1.82, 2.24) is 26.0 Å². The number of methoxy groups -OCH3 is 1. The van der Waals surface area contributed by atoms with E-state index < -0.39 is 34.5 Å². The molecule has 0 bridgehead atoms. The molecule has 1 unspecified atom stereocenters. The number of piperidine rings is 2. The molecule has 4 rings (SSSR count). The van der Waals surface area contributed by atoms with E-state index >= 15 is 0 Å². The average Bonchev–Trinajstić information content (AvgIpc) is 3.05. The quantitative estimate of drug-likeness (QED) is 0.153. The van der Waals surface area contributed by atoms with Crippen molar-refractivity contribution in [3.8, 4) is 5.75 Å². The number of amides is 2. The minimum Gasteiger partial charge on any atom is -0.496 e. The van der Waals surface area contributed by atoms with Crippen LogP contribution in [0.1, 0.15) is 51.4 Å². The van der Waals surface area contributed by atoms with Crippen LogP contribution >= 0.6 is 24.8 Å². The number of hydrogen-bond donors (Lipinski definition) is 6. The molecular weight excluding hydrogens is 669 g/mol. The summed E-state index contributed by atoms with van der Waals surface area (Å²) >= 11 is 0. The first-order valence-corrected chi connectivity index (χ1v) is 17.4. The zero-order valence-electron chi connectivity index (χ0n) is 26.8. The second kappa shape index (κ2) is 20.0. The monoisotopic (exact) mass is 717 g/mol.